The Hall–Kier alpha value is -2.51. The normalized spacial score (nSPS) is 19.6. The molecule has 1 N–H and O–H groups in total. The van der Waals surface area contributed by atoms with Crippen LogP contribution in [-0.2, 0) is 6.54 Å². The summed E-state index contributed by atoms with van der Waals surface area (Å²) in [5.74, 6) is 1.78. The van der Waals surface area contributed by atoms with E-state index >= 15 is 0 Å². The third kappa shape index (κ3) is 5.31. The van der Waals surface area contributed by atoms with Gasteiger partial charge in [-0.2, -0.15) is 0 Å². The molecule has 2 aromatic carbocycles. The summed E-state index contributed by atoms with van der Waals surface area (Å²) >= 11 is 0. The number of methoxy groups -OCH3 is 2. The van der Waals surface area contributed by atoms with Crippen LogP contribution in [0.1, 0.15) is 18.9 Å². The lowest BCUT2D eigenvalue weighted by molar-refractivity contribution is -0.0283. The summed E-state index contributed by atoms with van der Waals surface area (Å²) in [4.78, 5) is 2.17. The Balaban J connectivity index is 1.61. The Kier molecular flexibility index (Phi) is 7.17. The number of benzene rings is 2. The quantitative estimate of drug-likeness (QED) is 0.728. The van der Waals surface area contributed by atoms with Gasteiger partial charge in [0.25, 0.3) is 0 Å². The van der Waals surface area contributed by atoms with Crippen molar-refractivity contribution >= 4 is 0 Å². The van der Waals surface area contributed by atoms with Gasteiger partial charge in [-0.3, -0.25) is 4.90 Å². The van der Waals surface area contributed by atoms with Gasteiger partial charge in [0.1, 0.15) is 18.0 Å². The lowest BCUT2D eigenvalue weighted by atomic mass is 10.0. The molecule has 0 radical (unpaired) electrons. The van der Waals surface area contributed by atoms with E-state index in [4.69, 9.17) is 18.9 Å². The molecule has 0 bridgehead atoms. The Bertz CT molecular complexity index is 816. The van der Waals surface area contributed by atoms with Crippen LogP contribution in [0.2, 0.25) is 0 Å². The average Bonchev–Trinajstić information content (AvgIpc) is 2.71. The number of nitrogens with zero attached hydrogens (tertiary/aromatic N) is 1. The maximum atomic E-state index is 13.4. The number of ether oxygens (including phenoxy) is 4. The molecule has 6 nitrogen and oxygen atoms in total. The first-order chi connectivity index (χ1) is 14.0. The minimum Gasteiger partial charge on any atom is -0.493 e. The summed E-state index contributed by atoms with van der Waals surface area (Å²) < 4.78 is 35.4. The average molecular weight is 405 g/mol. The van der Waals surface area contributed by atoms with Crippen molar-refractivity contribution in [3.05, 3.63) is 47.8 Å². The van der Waals surface area contributed by atoms with Crippen molar-refractivity contribution in [3.63, 3.8) is 0 Å². The van der Waals surface area contributed by atoms with Gasteiger partial charge in [0.05, 0.1) is 20.8 Å². The van der Waals surface area contributed by atoms with Crippen molar-refractivity contribution < 1.29 is 28.4 Å². The summed E-state index contributed by atoms with van der Waals surface area (Å²) in [6.07, 6.45) is -0.389. The van der Waals surface area contributed by atoms with E-state index in [-0.39, 0.29) is 6.10 Å². The molecule has 0 aromatic heterocycles. The van der Waals surface area contributed by atoms with E-state index in [1.807, 2.05) is 25.1 Å². The van der Waals surface area contributed by atoms with Gasteiger partial charge >= 0.3 is 0 Å². The lowest BCUT2D eigenvalue weighted by Gasteiger charge is -2.36. The number of hydrogen-bond donors (Lipinski definition) is 1. The fourth-order valence-corrected chi connectivity index (χ4v) is 3.50. The van der Waals surface area contributed by atoms with E-state index in [9.17, 15) is 9.50 Å². The van der Waals surface area contributed by atoms with Gasteiger partial charge in [-0.25, -0.2) is 4.39 Å². The third-order valence-corrected chi connectivity index (χ3v) is 4.94. The molecule has 3 rings (SSSR count). The van der Waals surface area contributed by atoms with Crippen molar-refractivity contribution in [1.29, 1.82) is 0 Å². The van der Waals surface area contributed by atoms with Crippen molar-refractivity contribution in [2.75, 3.05) is 33.9 Å². The standard InChI is InChI=1S/C22H28FNO5/c1-4-28-22-11-15(5-7-19(22)26-2)13-24-10-9-18(17(25)14-24)29-20-8-6-16(23)12-21(20)27-3/h5-8,11-12,17-18,25H,4,9-10,13-14H2,1-3H3/t17-,18-/m1/s1. The molecular formula is C22H28FNO5. The van der Waals surface area contributed by atoms with Gasteiger partial charge in [0.2, 0.25) is 0 Å². The molecule has 7 heteroatoms. The second-order valence-corrected chi connectivity index (χ2v) is 6.96. The molecule has 1 fully saturated rings. The Morgan fingerprint density at radius 3 is 2.48 bits per heavy atom. The van der Waals surface area contributed by atoms with Gasteiger partial charge in [0, 0.05) is 25.7 Å². The number of hydrogen-bond acceptors (Lipinski definition) is 6. The fourth-order valence-electron chi connectivity index (χ4n) is 3.50. The lowest BCUT2D eigenvalue weighted by Crippen LogP contribution is -2.48. The maximum Gasteiger partial charge on any atom is 0.163 e. The first-order valence-corrected chi connectivity index (χ1v) is 9.74. The van der Waals surface area contributed by atoms with E-state index in [0.717, 1.165) is 17.9 Å². The molecule has 0 aliphatic carbocycles. The zero-order valence-corrected chi connectivity index (χ0v) is 17.1. The molecule has 158 valence electrons. The molecule has 1 aliphatic rings. The van der Waals surface area contributed by atoms with Crippen molar-refractivity contribution in [1.82, 2.24) is 4.90 Å². The van der Waals surface area contributed by atoms with Crippen LogP contribution in [0.25, 0.3) is 0 Å². The van der Waals surface area contributed by atoms with E-state index in [1.165, 1.54) is 25.3 Å². The molecule has 2 aromatic rings. The molecule has 1 heterocycles. The predicted molar refractivity (Wildman–Crippen MR) is 107 cm³/mol. The number of rotatable bonds is 8. The predicted octanol–water partition coefficient (Wildman–Crippen LogP) is 3.26. The molecule has 0 spiro atoms. The summed E-state index contributed by atoms with van der Waals surface area (Å²) in [6, 6.07) is 9.99. The Morgan fingerprint density at radius 1 is 1.03 bits per heavy atom. The molecule has 1 saturated heterocycles. The zero-order valence-electron chi connectivity index (χ0n) is 17.1. The maximum absolute atomic E-state index is 13.4. The van der Waals surface area contributed by atoms with Crippen LogP contribution in [0.15, 0.2) is 36.4 Å². The van der Waals surface area contributed by atoms with Crippen LogP contribution >= 0.6 is 0 Å². The van der Waals surface area contributed by atoms with Gasteiger partial charge in [0.15, 0.2) is 23.0 Å². The van der Waals surface area contributed by atoms with Crippen LogP contribution < -0.4 is 18.9 Å². The van der Waals surface area contributed by atoms with E-state index < -0.39 is 11.9 Å². The highest BCUT2D eigenvalue weighted by Gasteiger charge is 2.30. The third-order valence-electron chi connectivity index (χ3n) is 4.94. The van der Waals surface area contributed by atoms with Crippen LogP contribution in [0.5, 0.6) is 23.0 Å². The fraction of sp³-hybridized carbons (Fsp3) is 0.455. The smallest absolute Gasteiger partial charge is 0.163 e. The van der Waals surface area contributed by atoms with Crippen LogP contribution in [0.4, 0.5) is 4.39 Å². The molecule has 2 atom stereocenters. The summed E-state index contributed by atoms with van der Waals surface area (Å²) in [5.41, 5.74) is 1.08. The number of halogens is 1. The number of aliphatic hydroxyl groups excluding tert-OH is 1. The van der Waals surface area contributed by atoms with Crippen LogP contribution in [0.3, 0.4) is 0 Å². The summed E-state index contributed by atoms with van der Waals surface area (Å²) in [7, 11) is 3.08. The molecule has 1 aliphatic heterocycles. The first-order valence-electron chi connectivity index (χ1n) is 9.74. The van der Waals surface area contributed by atoms with Crippen LogP contribution in [0, 0.1) is 5.82 Å². The molecule has 0 unspecified atom stereocenters. The highest BCUT2D eigenvalue weighted by Crippen LogP contribution is 2.31. The molecular weight excluding hydrogens is 377 g/mol. The molecule has 29 heavy (non-hydrogen) atoms. The minimum atomic E-state index is -0.664. The molecule has 0 saturated carbocycles. The summed E-state index contributed by atoms with van der Waals surface area (Å²) in [5, 5.41) is 10.6. The minimum absolute atomic E-state index is 0.321. The number of likely N-dealkylation sites (tertiary alicyclic amines) is 1. The van der Waals surface area contributed by atoms with Gasteiger partial charge in [-0.1, -0.05) is 6.07 Å². The topological polar surface area (TPSA) is 60.4 Å². The van der Waals surface area contributed by atoms with Crippen molar-refractivity contribution in [2.24, 2.45) is 0 Å². The SMILES string of the molecule is CCOc1cc(CN2CC[C@@H](Oc3ccc(F)cc3OC)[C@H](O)C2)ccc1OC. The van der Waals surface area contributed by atoms with Gasteiger partial charge in [-0.05, 0) is 43.2 Å². The monoisotopic (exact) mass is 405 g/mol. The second kappa shape index (κ2) is 9.80. The molecule has 0 amide bonds. The Morgan fingerprint density at radius 2 is 1.79 bits per heavy atom. The first kappa shape index (κ1) is 21.2. The highest BCUT2D eigenvalue weighted by atomic mass is 19.1. The van der Waals surface area contributed by atoms with Gasteiger partial charge in [-0.15, -0.1) is 0 Å². The second-order valence-electron chi connectivity index (χ2n) is 6.96. The summed E-state index contributed by atoms with van der Waals surface area (Å²) in [6.45, 7) is 4.43. The van der Waals surface area contributed by atoms with E-state index in [0.29, 0.717) is 43.4 Å². The van der Waals surface area contributed by atoms with Crippen molar-refractivity contribution in [2.45, 2.75) is 32.1 Å². The largest absolute Gasteiger partial charge is 0.493 e. The van der Waals surface area contributed by atoms with E-state index in [2.05, 4.69) is 4.90 Å². The number of piperidine rings is 1. The van der Waals surface area contributed by atoms with Crippen molar-refractivity contribution in [3.8, 4) is 23.0 Å². The van der Waals surface area contributed by atoms with Gasteiger partial charge < -0.3 is 24.1 Å². The van der Waals surface area contributed by atoms with Crippen LogP contribution in [-0.4, -0.2) is 56.1 Å². The Labute approximate surface area is 170 Å². The zero-order chi connectivity index (χ0) is 20.8. The number of aliphatic hydroxyl groups is 1. The highest BCUT2D eigenvalue weighted by molar-refractivity contribution is 5.43. The number of β-amino-alcohol motifs (C(OH)–C–C–N with tert-alkyl or cyclic N) is 1. The van der Waals surface area contributed by atoms with E-state index in [1.54, 1.807) is 7.11 Å².